The Morgan fingerprint density at radius 3 is 3.00 bits per heavy atom. The Labute approximate surface area is 133 Å². The van der Waals surface area contributed by atoms with Gasteiger partial charge in [0.1, 0.15) is 4.99 Å². The molecule has 1 aromatic rings. The van der Waals surface area contributed by atoms with Crippen LogP contribution in [0.2, 0.25) is 0 Å². The average molecular weight is 359 g/mol. The molecule has 0 bridgehead atoms. The molecule has 19 heavy (non-hydrogen) atoms. The van der Waals surface area contributed by atoms with E-state index in [1.54, 1.807) is 0 Å². The summed E-state index contributed by atoms with van der Waals surface area (Å²) in [6.45, 7) is 2.22. The predicted octanol–water partition coefficient (Wildman–Crippen LogP) is 4.17. The van der Waals surface area contributed by atoms with E-state index in [4.69, 9.17) is 18.0 Å². The SMILES string of the molecule is CCSC1CCCC1Nc1cc(Br)ccc1C(N)=S. The van der Waals surface area contributed by atoms with Crippen LogP contribution < -0.4 is 11.1 Å². The van der Waals surface area contributed by atoms with E-state index in [9.17, 15) is 0 Å². The van der Waals surface area contributed by atoms with Gasteiger partial charge in [-0.3, -0.25) is 0 Å². The molecule has 0 aliphatic heterocycles. The van der Waals surface area contributed by atoms with Crippen LogP contribution in [-0.2, 0) is 0 Å². The van der Waals surface area contributed by atoms with Crippen LogP contribution in [0.25, 0.3) is 0 Å². The fraction of sp³-hybridized carbons (Fsp3) is 0.500. The zero-order valence-electron chi connectivity index (χ0n) is 11.0. The Hall–Kier alpha value is -0.260. The maximum Gasteiger partial charge on any atom is 0.106 e. The van der Waals surface area contributed by atoms with E-state index >= 15 is 0 Å². The van der Waals surface area contributed by atoms with Crippen molar-refractivity contribution in [1.82, 2.24) is 0 Å². The highest BCUT2D eigenvalue weighted by Gasteiger charge is 2.27. The Kier molecular flexibility index (Phi) is 5.54. The first-order chi connectivity index (χ1) is 9.11. The van der Waals surface area contributed by atoms with E-state index in [2.05, 4.69) is 34.2 Å². The van der Waals surface area contributed by atoms with Crippen molar-refractivity contribution in [3.8, 4) is 0 Å². The first kappa shape index (κ1) is 15.1. The third-order valence-corrected chi connectivity index (χ3v) is 5.46. The molecule has 0 radical (unpaired) electrons. The molecular formula is C14H19BrN2S2. The first-order valence-electron chi connectivity index (χ1n) is 6.59. The Balaban J connectivity index is 2.17. The molecule has 104 valence electrons. The standard InChI is InChI=1S/C14H19BrN2S2/c1-2-19-13-5-3-4-11(13)17-12-8-9(15)6-7-10(12)14(16)18/h6-8,11,13,17H,2-5H2,1H3,(H2,16,18). The van der Waals surface area contributed by atoms with Gasteiger partial charge in [0.25, 0.3) is 0 Å². The van der Waals surface area contributed by atoms with Crippen molar-refractivity contribution < 1.29 is 0 Å². The van der Waals surface area contributed by atoms with Crippen molar-refractivity contribution >= 4 is 50.6 Å². The average Bonchev–Trinajstić information content (AvgIpc) is 2.77. The van der Waals surface area contributed by atoms with Crippen LogP contribution in [0.1, 0.15) is 31.7 Å². The highest BCUT2D eigenvalue weighted by Crippen LogP contribution is 2.33. The van der Waals surface area contributed by atoms with Crippen LogP contribution in [0.3, 0.4) is 0 Å². The van der Waals surface area contributed by atoms with Crippen molar-refractivity contribution in [1.29, 1.82) is 0 Å². The molecule has 1 aromatic carbocycles. The fourth-order valence-electron chi connectivity index (χ4n) is 2.56. The third kappa shape index (κ3) is 3.86. The molecule has 0 heterocycles. The van der Waals surface area contributed by atoms with Crippen LogP contribution in [-0.4, -0.2) is 22.0 Å². The minimum Gasteiger partial charge on any atom is -0.389 e. The van der Waals surface area contributed by atoms with Crippen LogP contribution in [0.5, 0.6) is 0 Å². The zero-order valence-corrected chi connectivity index (χ0v) is 14.2. The molecule has 1 aliphatic carbocycles. The van der Waals surface area contributed by atoms with Gasteiger partial charge in [-0.25, -0.2) is 0 Å². The molecule has 2 nitrogen and oxygen atoms in total. The smallest absolute Gasteiger partial charge is 0.106 e. The number of thioether (sulfide) groups is 1. The van der Waals surface area contributed by atoms with Gasteiger partial charge in [0.15, 0.2) is 0 Å². The second kappa shape index (κ2) is 6.95. The van der Waals surface area contributed by atoms with Gasteiger partial charge < -0.3 is 11.1 Å². The Bertz CT molecular complexity index is 465. The van der Waals surface area contributed by atoms with E-state index in [0.29, 0.717) is 16.3 Å². The summed E-state index contributed by atoms with van der Waals surface area (Å²) in [7, 11) is 0. The van der Waals surface area contributed by atoms with Crippen molar-refractivity contribution in [2.75, 3.05) is 11.1 Å². The lowest BCUT2D eigenvalue weighted by Crippen LogP contribution is -2.27. The number of hydrogen-bond acceptors (Lipinski definition) is 3. The van der Waals surface area contributed by atoms with Crippen molar-refractivity contribution in [3.63, 3.8) is 0 Å². The van der Waals surface area contributed by atoms with E-state index in [-0.39, 0.29) is 0 Å². The van der Waals surface area contributed by atoms with Crippen LogP contribution in [0.15, 0.2) is 22.7 Å². The highest BCUT2D eigenvalue weighted by molar-refractivity contribution is 9.10. The Morgan fingerprint density at radius 2 is 2.32 bits per heavy atom. The monoisotopic (exact) mass is 358 g/mol. The van der Waals surface area contributed by atoms with Gasteiger partial charge in [-0.1, -0.05) is 41.5 Å². The first-order valence-corrected chi connectivity index (χ1v) is 8.84. The molecule has 1 saturated carbocycles. The summed E-state index contributed by atoms with van der Waals surface area (Å²) in [5.41, 5.74) is 7.79. The molecule has 0 spiro atoms. The van der Waals surface area contributed by atoms with Crippen LogP contribution in [0, 0.1) is 0 Å². The van der Waals surface area contributed by atoms with E-state index < -0.39 is 0 Å². The predicted molar refractivity (Wildman–Crippen MR) is 93.2 cm³/mol. The number of nitrogens with one attached hydrogen (secondary N) is 1. The number of hydrogen-bond donors (Lipinski definition) is 2. The van der Waals surface area contributed by atoms with Gasteiger partial charge in [0.05, 0.1) is 0 Å². The Morgan fingerprint density at radius 1 is 1.53 bits per heavy atom. The maximum absolute atomic E-state index is 5.80. The molecule has 0 amide bonds. The van der Waals surface area contributed by atoms with Crippen LogP contribution in [0.4, 0.5) is 5.69 Å². The van der Waals surface area contributed by atoms with Gasteiger partial charge in [-0.15, -0.1) is 0 Å². The molecule has 1 aliphatic rings. The van der Waals surface area contributed by atoms with Crippen molar-refractivity contribution in [2.24, 2.45) is 5.73 Å². The normalized spacial score (nSPS) is 22.4. The molecule has 0 aromatic heterocycles. The molecular weight excluding hydrogens is 340 g/mol. The van der Waals surface area contributed by atoms with Gasteiger partial charge >= 0.3 is 0 Å². The third-order valence-electron chi connectivity index (χ3n) is 3.42. The van der Waals surface area contributed by atoms with E-state index in [1.807, 2.05) is 23.9 Å². The van der Waals surface area contributed by atoms with E-state index in [1.165, 1.54) is 25.0 Å². The zero-order chi connectivity index (χ0) is 13.8. The minimum absolute atomic E-state index is 0.452. The fourth-order valence-corrected chi connectivity index (χ4v) is 4.29. The summed E-state index contributed by atoms with van der Waals surface area (Å²) in [5.74, 6) is 1.17. The summed E-state index contributed by atoms with van der Waals surface area (Å²) < 4.78 is 1.05. The van der Waals surface area contributed by atoms with Crippen LogP contribution >= 0.6 is 39.9 Å². The lowest BCUT2D eigenvalue weighted by atomic mass is 10.1. The topological polar surface area (TPSA) is 38.0 Å². The summed E-state index contributed by atoms with van der Waals surface area (Å²) in [6, 6.07) is 6.55. The van der Waals surface area contributed by atoms with Crippen molar-refractivity contribution in [3.05, 3.63) is 28.2 Å². The van der Waals surface area contributed by atoms with Gasteiger partial charge in [-0.05, 0) is 36.8 Å². The molecule has 2 unspecified atom stereocenters. The molecule has 2 atom stereocenters. The summed E-state index contributed by atoms with van der Waals surface area (Å²) in [5, 5.41) is 4.35. The number of nitrogens with two attached hydrogens (primary N) is 1. The quantitative estimate of drug-likeness (QED) is 0.774. The molecule has 3 N–H and O–H groups in total. The number of thiocarbonyl (C=S) groups is 1. The van der Waals surface area contributed by atoms with Crippen molar-refractivity contribution in [2.45, 2.75) is 37.5 Å². The lowest BCUT2D eigenvalue weighted by Gasteiger charge is -2.23. The van der Waals surface area contributed by atoms with E-state index in [0.717, 1.165) is 15.7 Å². The second-order valence-electron chi connectivity index (χ2n) is 4.73. The number of anilines is 1. The molecule has 1 fully saturated rings. The summed E-state index contributed by atoms with van der Waals surface area (Å²) in [6.07, 6.45) is 3.82. The largest absolute Gasteiger partial charge is 0.389 e. The van der Waals surface area contributed by atoms with Gasteiger partial charge in [-0.2, -0.15) is 11.8 Å². The van der Waals surface area contributed by atoms with Gasteiger partial charge in [0.2, 0.25) is 0 Å². The summed E-state index contributed by atoms with van der Waals surface area (Å²) in [4.78, 5) is 0.452. The maximum atomic E-state index is 5.80. The lowest BCUT2D eigenvalue weighted by molar-refractivity contribution is 0.767. The minimum atomic E-state index is 0.452. The number of benzene rings is 1. The molecule has 5 heteroatoms. The summed E-state index contributed by atoms with van der Waals surface area (Å²) >= 11 is 10.7. The van der Waals surface area contributed by atoms with Gasteiger partial charge in [0, 0.05) is 27.0 Å². The second-order valence-corrected chi connectivity index (χ2v) is 7.60. The number of rotatable bonds is 5. The molecule has 0 saturated heterocycles. The molecule has 2 rings (SSSR count). The number of halogens is 1. The highest BCUT2D eigenvalue weighted by atomic mass is 79.9.